The fourth-order valence-electron chi connectivity index (χ4n) is 3.53. The maximum absolute atomic E-state index is 14.4. The minimum absolute atomic E-state index is 0.337. The first kappa shape index (κ1) is 21.9. The van der Waals surface area contributed by atoms with Gasteiger partial charge in [-0.25, -0.2) is 14.4 Å². The molecule has 30 heavy (non-hydrogen) atoms. The first-order valence-corrected chi connectivity index (χ1v) is 11.0. The molecule has 0 N–H and O–H groups in total. The summed E-state index contributed by atoms with van der Waals surface area (Å²) in [6, 6.07) is 13.3. The fourth-order valence-corrected chi connectivity index (χ4v) is 3.53. The topological polar surface area (TPSA) is 35.0 Å². The van der Waals surface area contributed by atoms with Gasteiger partial charge >= 0.3 is 0 Å². The Morgan fingerprint density at radius 3 is 2.17 bits per heavy atom. The van der Waals surface area contributed by atoms with Gasteiger partial charge in [-0.15, -0.1) is 0 Å². The van der Waals surface area contributed by atoms with Gasteiger partial charge < -0.3 is 4.74 Å². The quantitative estimate of drug-likeness (QED) is 0.315. The number of aryl methyl sites for hydroxylation is 1. The second-order valence-corrected chi connectivity index (χ2v) is 7.58. The number of benzene rings is 2. The molecule has 0 saturated carbocycles. The summed E-state index contributed by atoms with van der Waals surface area (Å²) in [5.74, 6) is 0.838. The number of rotatable bonds is 11. The van der Waals surface area contributed by atoms with Crippen molar-refractivity contribution < 1.29 is 9.13 Å². The Kier molecular flexibility index (Phi) is 8.37. The molecule has 0 spiro atoms. The van der Waals surface area contributed by atoms with Crippen LogP contribution >= 0.6 is 0 Å². The first-order valence-electron chi connectivity index (χ1n) is 11.0. The Balaban J connectivity index is 1.59. The van der Waals surface area contributed by atoms with E-state index in [1.54, 1.807) is 24.5 Å². The van der Waals surface area contributed by atoms with Gasteiger partial charge in [-0.1, -0.05) is 63.3 Å². The summed E-state index contributed by atoms with van der Waals surface area (Å²) in [7, 11) is 0. The molecule has 0 radical (unpaired) electrons. The van der Waals surface area contributed by atoms with Crippen LogP contribution in [0.1, 0.15) is 57.9 Å². The second kappa shape index (κ2) is 11.4. The van der Waals surface area contributed by atoms with Crippen molar-refractivity contribution in [1.29, 1.82) is 0 Å². The van der Waals surface area contributed by atoms with Crippen LogP contribution in [0.3, 0.4) is 0 Å². The molecule has 1 aromatic heterocycles. The molecule has 0 saturated heterocycles. The van der Waals surface area contributed by atoms with Crippen LogP contribution in [0.2, 0.25) is 0 Å². The Labute approximate surface area is 179 Å². The van der Waals surface area contributed by atoms with Gasteiger partial charge in [0.25, 0.3) is 0 Å². The first-order chi connectivity index (χ1) is 14.7. The highest BCUT2D eigenvalue weighted by Crippen LogP contribution is 2.26. The van der Waals surface area contributed by atoms with E-state index in [0.29, 0.717) is 29.3 Å². The average molecular weight is 407 g/mol. The highest BCUT2D eigenvalue weighted by atomic mass is 19.1. The van der Waals surface area contributed by atoms with Crippen LogP contribution in [-0.2, 0) is 6.42 Å². The van der Waals surface area contributed by atoms with Gasteiger partial charge in [0.1, 0.15) is 11.6 Å². The van der Waals surface area contributed by atoms with Gasteiger partial charge in [0, 0.05) is 35.2 Å². The third-order valence-electron chi connectivity index (χ3n) is 5.25. The largest absolute Gasteiger partial charge is 0.494 e. The smallest absolute Gasteiger partial charge is 0.159 e. The molecule has 4 heteroatoms. The monoisotopic (exact) mass is 406 g/mol. The third kappa shape index (κ3) is 6.12. The molecule has 0 unspecified atom stereocenters. The van der Waals surface area contributed by atoms with Gasteiger partial charge in [0.2, 0.25) is 0 Å². The van der Waals surface area contributed by atoms with Crippen LogP contribution in [0, 0.1) is 5.82 Å². The zero-order valence-corrected chi connectivity index (χ0v) is 18.0. The second-order valence-electron chi connectivity index (χ2n) is 7.58. The van der Waals surface area contributed by atoms with Crippen LogP contribution in [0.4, 0.5) is 4.39 Å². The molecule has 3 aromatic rings. The standard InChI is InChI=1S/C26H31FN2O/c1-3-5-6-7-8-9-10-20-11-13-21(14-12-20)26-28-18-22(19-29-26)24-16-15-23(30-4-2)17-25(24)27/h11-19H,3-10H2,1-2H3. The van der Waals surface area contributed by atoms with Gasteiger partial charge in [-0.2, -0.15) is 0 Å². The molecule has 0 aliphatic carbocycles. The lowest BCUT2D eigenvalue weighted by molar-refractivity contribution is 0.338. The summed E-state index contributed by atoms with van der Waals surface area (Å²) in [6.07, 6.45) is 12.3. The predicted molar refractivity (Wildman–Crippen MR) is 121 cm³/mol. The number of halogens is 1. The molecule has 2 aromatic carbocycles. The van der Waals surface area contributed by atoms with E-state index in [1.807, 2.05) is 6.92 Å². The molecule has 0 atom stereocenters. The molecule has 0 amide bonds. The fraction of sp³-hybridized carbons (Fsp3) is 0.385. The van der Waals surface area contributed by atoms with Crippen LogP contribution in [-0.4, -0.2) is 16.6 Å². The lowest BCUT2D eigenvalue weighted by Gasteiger charge is -2.08. The minimum atomic E-state index is -0.337. The molecular weight excluding hydrogens is 375 g/mol. The molecule has 3 nitrogen and oxygen atoms in total. The van der Waals surface area contributed by atoms with Crippen molar-refractivity contribution in [3.8, 4) is 28.3 Å². The zero-order valence-electron chi connectivity index (χ0n) is 18.0. The van der Waals surface area contributed by atoms with E-state index in [1.165, 1.54) is 50.2 Å². The van der Waals surface area contributed by atoms with Gasteiger partial charge in [-0.05, 0) is 37.5 Å². The zero-order chi connectivity index (χ0) is 21.2. The normalized spacial score (nSPS) is 10.9. The van der Waals surface area contributed by atoms with Crippen molar-refractivity contribution in [2.24, 2.45) is 0 Å². The maximum Gasteiger partial charge on any atom is 0.159 e. The van der Waals surface area contributed by atoms with E-state index in [0.717, 1.165) is 12.0 Å². The van der Waals surface area contributed by atoms with Crippen molar-refractivity contribution in [3.63, 3.8) is 0 Å². The summed E-state index contributed by atoms with van der Waals surface area (Å²) in [5.41, 5.74) is 3.45. The van der Waals surface area contributed by atoms with Crippen LogP contribution in [0.5, 0.6) is 5.75 Å². The highest BCUT2D eigenvalue weighted by Gasteiger charge is 2.09. The van der Waals surface area contributed by atoms with E-state index in [-0.39, 0.29) is 5.82 Å². The molecule has 0 bridgehead atoms. The maximum atomic E-state index is 14.4. The van der Waals surface area contributed by atoms with Crippen molar-refractivity contribution >= 4 is 0 Å². The number of ether oxygens (including phenoxy) is 1. The number of unbranched alkanes of at least 4 members (excludes halogenated alkanes) is 5. The molecule has 158 valence electrons. The van der Waals surface area contributed by atoms with Crippen molar-refractivity contribution in [3.05, 3.63) is 66.2 Å². The minimum Gasteiger partial charge on any atom is -0.494 e. The molecule has 0 aliphatic heterocycles. The van der Waals surface area contributed by atoms with Gasteiger partial charge in [0.15, 0.2) is 5.82 Å². The molecule has 1 heterocycles. The van der Waals surface area contributed by atoms with E-state index >= 15 is 0 Å². The van der Waals surface area contributed by atoms with E-state index in [4.69, 9.17) is 4.74 Å². The van der Waals surface area contributed by atoms with Crippen LogP contribution in [0.25, 0.3) is 22.5 Å². The van der Waals surface area contributed by atoms with Crippen LogP contribution in [0.15, 0.2) is 54.9 Å². The van der Waals surface area contributed by atoms with E-state index in [9.17, 15) is 4.39 Å². The number of hydrogen-bond acceptors (Lipinski definition) is 3. The predicted octanol–water partition coefficient (Wildman–Crippen LogP) is 7.25. The third-order valence-corrected chi connectivity index (χ3v) is 5.25. The van der Waals surface area contributed by atoms with Gasteiger partial charge in [-0.3, -0.25) is 0 Å². The lowest BCUT2D eigenvalue weighted by Crippen LogP contribution is -1.95. The Morgan fingerprint density at radius 2 is 1.50 bits per heavy atom. The Morgan fingerprint density at radius 1 is 0.800 bits per heavy atom. The van der Waals surface area contributed by atoms with E-state index in [2.05, 4.69) is 41.2 Å². The van der Waals surface area contributed by atoms with Gasteiger partial charge in [0.05, 0.1) is 6.61 Å². The molecule has 3 rings (SSSR count). The van der Waals surface area contributed by atoms with Crippen molar-refractivity contribution in [1.82, 2.24) is 9.97 Å². The highest BCUT2D eigenvalue weighted by molar-refractivity contribution is 5.65. The molecule has 0 aliphatic rings. The summed E-state index contributed by atoms with van der Waals surface area (Å²) in [6.45, 7) is 4.63. The number of aromatic nitrogens is 2. The Bertz CT molecular complexity index is 907. The summed E-state index contributed by atoms with van der Waals surface area (Å²) in [4.78, 5) is 8.90. The SMILES string of the molecule is CCCCCCCCc1ccc(-c2ncc(-c3ccc(OCC)cc3F)cn2)cc1. The van der Waals surface area contributed by atoms with Crippen molar-refractivity contribution in [2.75, 3.05) is 6.61 Å². The molecular formula is C26H31FN2O. The average Bonchev–Trinajstić information content (AvgIpc) is 2.77. The van der Waals surface area contributed by atoms with E-state index < -0.39 is 0 Å². The van der Waals surface area contributed by atoms with Crippen LogP contribution < -0.4 is 4.74 Å². The summed E-state index contributed by atoms with van der Waals surface area (Å²) in [5, 5.41) is 0. The molecule has 0 fully saturated rings. The lowest BCUT2D eigenvalue weighted by atomic mass is 10.0. The van der Waals surface area contributed by atoms with Crippen molar-refractivity contribution in [2.45, 2.75) is 58.8 Å². The number of hydrogen-bond donors (Lipinski definition) is 0. The Hall–Kier alpha value is -2.75. The number of nitrogens with zero attached hydrogens (tertiary/aromatic N) is 2. The summed E-state index contributed by atoms with van der Waals surface area (Å²) >= 11 is 0. The summed E-state index contributed by atoms with van der Waals surface area (Å²) < 4.78 is 19.7.